The van der Waals surface area contributed by atoms with Gasteiger partial charge in [-0.25, -0.2) is 4.99 Å². The number of likely N-dealkylation sites (tertiary alicyclic amines) is 1. The summed E-state index contributed by atoms with van der Waals surface area (Å²) in [5, 5.41) is 3.43. The van der Waals surface area contributed by atoms with Gasteiger partial charge in [0.15, 0.2) is 0 Å². The van der Waals surface area contributed by atoms with Gasteiger partial charge >= 0.3 is 0 Å². The maximum Gasteiger partial charge on any atom is 0.124 e. The van der Waals surface area contributed by atoms with E-state index in [9.17, 15) is 0 Å². The number of allylic oxidation sites excluding steroid dienone is 6. The van der Waals surface area contributed by atoms with Crippen LogP contribution in [0.3, 0.4) is 0 Å². The van der Waals surface area contributed by atoms with Crippen molar-refractivity contribution in [2.75, 3.05) is 26.2 Å². The molecule has 1 heterocycles. The fraction of sp³-hybridized carbons (Fsp3) is 0.450. The lowest BCUT2D eigenvalue weighted by Crippen LogP contribution is -2.28. The van der Waals surface area contributed by atoms with Crippen LogP contribution in [0.25, 0.3) is 0 Å². The number of rotatable bonds is 7. The number of aliphatic imine (C=N–C) groups is 1. The molecule has 0 spiro atoms. The summed E-state index contributed by atoms with van der Waals surface area (Å²) in [5.41, 5.74) is 1.35. The van der Waals surface area contributed by atoms with E-state index in [4.69, 9.17) is 0 Å². The maximum absolute atomic E-state index is 4.58. The van der Waals surface area contributed by atoms with Crippen LogP contribution in [0, 0.1) is 0 Å². The van der Waals surface area contributed by atoms with Crippen molar-refractivity contribution < 1.29 is 0 Å². The van der Waals surface area contributed by atoms with E-state index >= 15 is 0 Å². The lowest BCUT2D eigenvalue weighted by molar-refractivity contribution is 0.283. The van der Waals surface area contributed by atoms with E-state index in [2.05, 4.69) is 64.7 Å². The van der Waals surface area contributed by atoms with Gasteiger partial charge in [0.2, 0.25) is 0 Å². The maximum atomic E-state index is 4.58. The zero-order valence-electron chi connectivity index (χ0n) is 14.2. The van der Waals surface area contributed by atoms with Gasteiger partial charge in [0.1, 0.15) is 5.82 Å². The quantitative estimate of drug-likeness (QED) is 0.568. The van der Waals surface area contributed by atoms with Crippen LogP contribution in [-0.2, 0) is 0 Å². The first-order valence-electron chi connectivity index (χ1n) is 8.73. The molecule has 0 unspecified atom stereocenters. The monoisotopic (exact) mass is 311 g/mol. The Morgan fingerprint density at radius 1 is 1.26 bits per heavy atom. The molecule has 1 aliphatic carbocycles. The Bertz CT molecular complexity index is 515. The lowest BCUT2D eigenvalue weighted by Gasteiger charge is -2.28. The third kappa shape index (κ3) is 6.83. The van der Waals surface area contributed by atoms with Crippen LogP contribution in [0.2, 0.25) is 0 Å². The largest absolute Gasteiger partial charge is 0.357 e. The second-order valence-electron chi connectivity index (χ2n) is 5.83. The molecule has 1 N–H and O–H groups in total. The molecule has 1 aliphatic heterocycles. The van der Waals surface area contributed by atoms with Crippen molar-refractivity contribution in [3.63, 3.8) is 0 Å². The second kappa shape index (κ2) is 10.8. The Morgan fingerprint density at radius 2 is 2.13 bits per heavy atom. The van der Waals surface area contributed by atoms with Gasteiger partial charge in [0.25, 0.3) is 0 Å². The van der Waals surface area contributed by atoms with E-state index in [0.717, 1.165) is 38.4 Å². The van der Waals surface area contributed by atoms with Gasteiger partial charge in [-0.2, -0.15) is 0 Å². The van der Waals surface area contributed by atoms with Crippen molar-refractivity contribution in [1.82, 2.24) is 10.2 Å². The van der Waals surface area contributed by atoms with E-state index in [-0.39, 0.29) is 0 Å². The molecule has 3 heteroatoms. The van der Waals surface area contributed by atoms with Gasteiger partial charge in [-0.3, -0.25) is 0 Å². The average Bonchev–Trinajstić information content (AvgIpc) is 2.87. The highest BCUT2D eigenvalue weighted by molar-refractivity contribution is 5.72. The highest BCUT2D eigenvalue weighted by Gasteiger charge is 2.10. The summed E-state index contributed by atoms with van der Waals surface area (Å²) in [6.45, 7) is 6.11. The first kappa shape index (κ1) is 17.5. The van der Waals surface area contributed by atoms with Crippen LogP contribution in [0.5, 0.6) is 0 Å². The molecule has 0 aromatic rings. The summed E-state index contributed by atoms with van der Waals surface area (Å²) >= 11 is 0. The molecule has 1 fully saturated rings. The van der Waals surface area contributed by atoms with E-state index in [1.54, 1.807) is 0 Å². The topological polar surface area (TPSA) is 27.6 Å². The number of hydrogen-bond acceptors (Lipinski definition) is 3. The Morgan fingerprint density at radius 3 is 2.96 bits per heavy atom. The molecule has 0 aromatic carbocycles. The van der Waals surface area contributed by atoms with Gasteiger partial charge in [0.05, 0.1) is 0 Å². The summed E-state index contributed by atoms with van der Waals surface area (Å²) in [6, 6.07) is 0. The van der Waals surface area contributed by atoms with Crippen molar-refractivity contribution in [3.8, 4) is 0 Å². The van der Waals surface area contributed by atoms with Crippen molar-refractivity contribution in [2.45, 2.75) is 32.6 Å². The molecule has 0 radical (unpaired) electrons. The third-order valence-corrected chi connectivity index (χ3v) is 4.03. The fourth-order valence-electron chi connectivity index (χ4n) is 2.76. The molecule has 23 heavy (non-hydrogen) atoms. The van der Waals surface area contributed by atoms with Crippen molar-refractivity contribution in [1.29, 1.82) is 0 Å². The van der Waals surface area contributed by atoms with Gasteiger partial charge in [-0.05, 0) is 50.3 Å². The second-order valence-corrected chi connectivity index (χ2v) is 5.83. The molecular formula is C20H29N3. The summed E-state index contributed by atoms with van der Waals surface area (Å²) in [7, 11) is 0. The van der Waals surface area contributed by atoms with Crippen LogP contribution in [0.15, 0.2) is 65.0 Å². The Labute approximate surface area is 140 Å². The van der Waals surface area contributed by atoms with Crippen molar-refractivity contribution in [2.24, 2.45) is 4.99 Å². The zero-order chi connectivity index (χ0) is 16.2. The Hall–Kier alpha value is -1.87. The first-order valence-corrected chi connectivity index (χ1v) is 8.73. The predicted molar refractivity (Wildman–Crippen MR) is 101 cm³/mol. The van der Waals surface area contributed by atoms with Gasteiger partial charge < -0.3 is 10.2 Å². The fourth-order valence-corrected chi connectivity index (χ4v) is 2.76. The molecule has 0 atom stereocenters. The normalized spacial score (nSPS) is 19.6. The molecule has 124 valence electrons. The minimum Gasteiger partial charge on any atom is -0.357 e. The highest BCUT2D eigenvalue weighted by Crippen LogP contribution is 2.15. The highest BCUT2D eigenvalue weighted by atomic mass is 15.2. The molecule has 3 nitrogen and oxygen atoms in total. The molecule has 2 aliphatic rings. The summed E-state index contributed by atoms with van der Waals surface area (Å²) in [6.07, 6.45) is 23.9. The van der Waals surface area contributed by atoms with E-state index < -0.39 is 0 Å². The molecule has 0 bridgehead atoms. The minimum absolute atomic E-state index is 0.861. The number of nitrogens with one attached hydrogen (secondary N) is 1. The zero-order valence-corrected chi connectivity index (χ0v) is 14.2. The van der Waals surface area contributed by atoms with Crippen molar-refractivity contribution >= 4 is 6.21 Å². The lowest BCUT2D eigenvalue weighted by atomic mass is 10.1. The Kier molecular flexibility index (Phi) is 8.20. The van der Waals surface area contributed by atoms with Crippen LogP contribution >= 0.6 is 0 Å². The SMILES string of the molecule is C\C=C(/N=C\C=C\CNCC1=CCC=CC=C1)N1CCCCC1. The molecule has 1 saturated heterocycles. The third-order valence-electron chi connectivity index (χ3n) is 4.03. The van der Waals surface area contributed by atoms with Crippen LogP contribution < -0.4 is 5.32 Å². The number of nitrogens with zero attached hydrogens (tertiary/aromatic N) is 2. The van der Waals surface area contributed by atoms with Gasteiger partial charge in [-0.15, -0.1) is 0 Å². The van der Waals surface area contributed by atoms with E-state index in [0.29, 0.717) is 0 Å². The average molecular weight is 311 g/mol. The van der Waals surface area contributed by atoms with E-state index in [1.165, 1.54) is 24.8 Å². The number of piperidine rings is 1. The summed E-state index contributed by atoms with van der Waals surface area (Å²) in [4.78, 5) is 6.96. The van der Waals surface area contributed by atoms with Crippen LogP contribution in [-0.4, -0.2) is 37.3 Å². The smallest absolute Gasteiger partial charge is 0.124 e. The molecule has 0 amide bonds. The predicted octanol–water partition coefficient (Wildman–Crippen LogP) is 3.99. The van der Waals surface area contributed by atoms with Crippen molar-refractivity contribution in [3.05, 3.63) is 60.0 Å². The molecule has 2 rings (SSSR count). The van der Waals surface area contributed by atoms with Gasteiger partial charge in [-0.1, -0.05) is 36.5 Å². The Balaban J connectivity index is 1.66. The standard InChI is InChI=1S/C20H29N3/c1-2-20(23-16-10-5-11-17-23)22-15-9-8-14-21-18-19-12-6-3-4-7-13-19/h2-4,6,8-9,12-13,15,21H,5,7,10-11,14,16-18H2,1H3/b9-8+,20-2+,22-15-. The molecule has 0 saturated carbocycles. The minimum atomic E-state index is 0.861. The summed E-state index contributed by atoms with van der Waals surface area (Å²) in [5.74, 6) is 1.10. The van der Waals surface area contributed by atoms with Gasteiger partial charge in [0, 0.05) is 32.4 Å². The summed E-state index contributed by atoms with van der Waals surface area (Å²) < 4.78 is 0. The molecular weight excluding hydrogens is 282 g/mol. The van der Waals surface area contributed by atoms with Crippen LogP contribution in [0.1, 0.15) is 32.6 Å². The first-order chi connectivity index (χ1) is 11.4. The number of hydrogen-bond donors (Lipinski definition) is 1. The van der Waals surface area contributed by atoms with Crippen LogP contribution in [0.4, 0.5) is 0 Å². The molecule has 0 aromatic heterocycles. The van der Waals surface area contributed by atoms with E-state index in [1.807, 2.05) is 12.3 Å².